The van der Waals surface area contributed by atoms with Gasteiger partial charge in [-0.15, -0.1) is 0 Å². The summed E-state index contributed by atoms with van der Waals surface area (Å²) in [5, 5.41) is 24.8. The van der Waals surface area contributed by atoms with Crippen LogP contribution in [0, 0.1) is 6.92 Å². The van der Waals surface area contributed by atoms with Gasteiger partial charge in [0.05, 0.1) is 17.3 Å². The van der Waals surface area contributed by atoms with Gasteiger partial charge in [-0.05, 0) is 51.5 Å². The van der Waals surface area contributed by atoms with E-state index in [9.17, 15) is 23.1 Å². The van der Waals surface area contributed by atoms with E-state index in [2.05, 4.69) is 25.6 Å². The molecule has 178 valence electrons. The Morgan fingerprint density at radius 2 is 1.97 bits per heavy atom. The molecule has 0 aliphatic carbocycles. The van der Waals surface area contributed by atoms with Crippen LogP contribution in [-0.2, 0) is 12.7 Å². The minimum atomic E-state index is -4.66. The lowest BCUT2D eigenvalue weighted by molar-refractivity contribution is -0.141. The third-order valence-electron chi connectivity index (χ3n) is 5.28. The van der Waals surface area contributed by atoms with Crippen molar-refractivity contribution < 1.29 is 23.1 Å². The molecule has 4 aromatic rings. The fourth-order valence-corrected chi connectivity index (χ4v) is 3.48. The molecule has 0 saturated heterocycles. The fourth-order valence-electron chi connectivity index (χ4n) is 3.48. The number of aromatic nitrogens is 5. The van der Waals surface area contributed by atoms with Gasteiger partial charge in [0.1, 0.15) is 11.4 Å². The van der Waals surface area contributed by atoms with Crippen LogP contribution in [-0.4, -0.2) is 41.6 Å². The maximum Gasteiger partial charge on any atom is 0.433 e. The van der Waals surface area contributed by atoms with Gasteiger partial charge in [-0.3, -0.25) is 14.6 Å². The summed E-state index contributed by atoms with van der Waals surface area (Å²) in [6, 6.07) is 6.66. The van der Waals surface area contributed by atoms with E-state index in [1.165, 1.54) is 6.07 Å². The average Bonchev–Trinajstić information content (AvgIpc) is 3.35. The van der Waals surface area contributed by atoms with E-state index < -0.39 is 23.4 Å². The number of aryl methyl sites for hydroxylation is 2. The zero-order valence-corrected chi connectivity index (χ0v) is 18.7. The standard InChI is InChI=1S/C23H23F3N6O2/c1-13-16(11-27-30-13)15-10-18-14(12-32(31-18)8-7-22(2,3)34)9-19(15)29-21(33)17-5-4-6-20(28-17)23(24,25)26/h4-6,9-12,34H,7-8H2,1-3H3,(H,27,30)(H,29,33). The summed E-state index contributed by atoms with van der Waals surface area (Å²) in [6.45, 7) is 5.72. The van der Waals surface area contributed by atoms with Crippen LogP contribution < -0.4 is 5.32 Å². The lowest BCUT2D eigenvalue weighted by atomic mass is 10.0. The molecule has 0 spiro atoms. The zero-order valence-electron chi connectivity index (χ0n) is 18.7. The Morgan fingerprint density at radius 1 is 1.21 bits per heavy atom. The minimum absolute atomic E-state index is 0.356. The summed E-state index contributed by atoms with van der Waals surface area (Å²) in [4.78, 5) is 16.3. The highest BCUT2D eigenvalue weighted by Gasteiger charge is 2.33. The Hall–Kier alpha value is -3.73. The van der Waals surface area contributed by atoms with Crippen LogP contribution in [0.15, 0.2) is 42.7 Å². The van der Waals surface area contributed by atoms with Crippen molar-refractivity contribution in [3.05, 3.63) is 59.8 Å². The van der Waals surface area contributed by atoms with Gasteiger partial charge in [-0.2, -0.15) is 23.4 Å². The fraction of sp³-hybridized carbons (Fsp3) is 0.304. The number of anilines is 1. The van der Waals surface area contributed by atoms with Crippen molar-refractivity contribution in [2.45, 2.75) is 45.5 Å². The number of carbonyl (C=O) groups excluding carboxylic acids is 1. The summed E-state index contributed by atoms with van der Waals surface area (Å²) < 4.78 is 40.8. The summed E-state index contributed by atoms with van der Waals surface area (Å²) in [5.74, 6) is -0.776. The van der Waals surface area contributed by atoms with Gasteiger partial charge in [-0.1, -0.05) is 6.07 Å². The molecule has 0 atom stereocenters. The van der Waals surface area contributed by atoms with Crippen LogP contribution in [0.1, 0.15) is 42.1 Å². The Kier molecular flexibility index (Phi) is 5.90. The molecule has 8 nitrogen and oxygen atoms in total. The van der Waals surface area contributed by atoms with Crippen molar-refractivity contribution >= 4 is 22.5 Å². The maximum absolute atomic E-state index is 13.0. The number of amides is 1. The van der Waals surface area contributed by atoms with Gasteiger partial charge >= 0.3 is 6.18 Å². The molecule has 0 fully saturated rings. The zero-order chi connectivity index (χ0) is 24.7. The quantitative estimate of drug-likeness (QED) is 0.381. The number of aliphatic hydroxyl groups is 1. The first-order chi connectivity index (χ1) is 15.9. The Bertz CT molecular complexity index is 1350. The lowest BCUT2D eigenvalue weighted by Crippen LogP contribution is -2.21. The third-order valence-corrected chi connectivity index (χ3v) is 5.28. The molecule has 0 radical (unpaired) electrons. The highest BCUT2D eigenvalue weighted by atomic mass is 19.4. The van der Waals surface area contributed by atoms with Gasteiger partial charge in [0.15, 0.2) is 0 Å². The van der Waals surface area contributed by atoms with E-state index in [1.807, 2.05) is 6.92 Å². The number of nitrogens with zero attached hydrogens (tertiary/aromatic N) is 4. The van der Waals surface area contributed by atoms with Crippen LogP contribution in [0.3, 0.4) is 0 Å². The number of carbonyl (C=O) groups is 1. The highest BCUT2D eigenvalue weighted by Crippen LogP contribution is 2.34. The van der Waals surface area contributed by atoms with E-state index in [4.69, 9.17) is 0 Å². The van der Waals surface area contributed by atoms with Gasteiger partial charge in [0, 0.05) is 40.6 Å². The molecule has 3 aromatic heterocycles. The van der Waals surface area contributed by atoms with Gasteiger partial charge in [-0.25, -0.2) is 4.98 Å². The molecule has 0 aliphatic rings. The van der Waals surface area contributed by atoms with Crippen molar-refractivity contribution in [1.29, 1.82) is 0 Å². The number of benzene rings is 1. The highest BCUT2D eigenvalue weighted by molar-refractivity contribution is 6.07. The van der Waals surface area contributed by atoms with Crippen molar-refractivity contribution in [2.24, 2.45) is 0 Å². The molecule has 1 aromatic carbocycles. The molecule has 0 bridgehead atoms. The number of H-pyrrole nitrogens is 1. The van der Waals surface area contributed by atoms with Crippen molar-refractivity contribution in [3.8, 4) is 11.1 Å². The number of halogens is 3. The summed E-state index contributed by atoms with van der Waals surface area (Å²) in [6.07, 6.45) is -0.795. The second-order valence-corrected chi connectivity index (χ2v) is 8.68. The second-order valence-electron chi connectivity index (χ2n) is 8.68. The predicted octanol–water partition coefficient (Wildman–Crippen LogP) is 4.56. The molecular weight excluding hydrogens is 449 g/mol. The lowest BCUT2D eigenvalue weighted by Gasteiger charge is -2.16. The number of nitrogens with one attached hydrogen (secondary N) is 2. The molecule has 11 heteroatoms. The number of hydrogen-bond donors (Lipinski definition) is 3. The van der Waals surface area contributed by atoms with Crippen LogP contribution >= 0.6 is 0 Å². The first-order valence-corrected chi connectivity index (χ1v) is 10.5. The Labute approximate surface area is 192 Å². The predicted molar refractivity (Wildman–Crippen MR) is 120 cm³/mol. The maximum atomic E-state index is 13.0. The summed E-state index contributed by atoms with van der Waals surface area (Å²) in [7, 11) is 0. The second kappa shape index (κ2) is 8.56. The van der Waals surface area contributed by atoms with Crippen molar-refractivity contribution in [1.82, 2.24) is 25.0 Å². The normalized spacial score (nSPS) is 12.3. The van der Waals surface area contributed by atoms with Crippen LogP contribution in [0.25, 0.3) is 22.0 Å². The molecule has 0 unspecified atom stereocenters. The Morgan fingerprint density at radius 3 is 2.62 bits per heavy atom. The smallest absolute Gasteiger partial charge is 0.390 e. The molecule has 3 N–H and O–H groups in total. The minimum Gasteiger partial charge on any atom is -0.390 e. The molecule has 0 saturated carbocycles. The van der Waals surface area contributed by atoms with Crippen LogP contribution in [0.5, 0.6) is 0 Å². The first-order valence-electron chi connectivity index (χ1n) is 10.5. The topological polar surface area (TPSA) is 109 Å². The molecule has 4 rings (SSSR count). The summed E-state index contributed by atoms with van der Waals surface area (Å²) in [5.41, 5.74) is 0.736. The first kappa shape index (κ1) is 23.4. The molecule has 1 amide bonds. The third kappa shape index (κ3) is 5.09. The molecular formula is C23H23F3N6O2. The number of aromatic amines is 1. The molecule has 3 heterocycles. The molecule has 0 aliphatic heterocycles. The van der Waals surface area contributed by atoms with Crippen LogP contribution in [0.2, 0.25) is 0 Å². The van der Waals surface area contributed by atoms with E-state index >= 15 is 0 Å². The molecule has 34 heavy (non-hydrogen) atoms. The SMILES string of the molecule is Cc1[nH]ncc1-c1cc2nn(CCC(C)(C)O)cc2cc1NC(=O)c1cccc(C(F)(F)F)n1. The number of rotatable bonds is 6. The number of alkyl halides is 3. The largest absolute Gasteiger partial charge is 0.433 e. The van der Waals surface area contributed by atoms with Gasteiger partial charge in [0.2, 0.25) is 0 Å². The van der Waals surface area contributed by atoms with E-state index in [0.717, 1.165) is 17.8 Å². The number of hydrogen-bond acceptors (Lipinski definition) is 5. The number of pyridine rings is 1. The summed E-state index contributed by atoms with van der Waals surface area (Å²) >= 11 is 0. The van der Waals surface area contributed by atoms with Gasteiger partial charge < -0.3 is 10.4 Å². The monoisotopic (exact) mass is 472 g/mol. The van der Waals surface area contributed by atoms with Crippen LogP contribution in [0.4, 0.5) is 18.9 Å². The van der Waals surface area contributed by atoms with Gasteiger partial charge in [0.25, 0.3) is 5.91 Å². The average molecular weight is 472 g/mol. The van der Waals surface area contributed by atoms with E-state index in [0.29, 0.717) is 40.7 Å². The Balaban J connectivity index is 1.73. The van der Waals surface area contributed by atoms with Crippen molar-refractivity contribution in [2.75, 3.05) is 5.32 Å². The van der Waals surface area contributed by atoms with E-state index in [-0.39, 0.29) is 5.69 Å². The van der Waals surface area contributed by atoms with Crippen molar-refractivity contribution in [3.63, 3.8) is 0 Å². The number of fused-ring (bicyclic) bond motifs is 1. The van der Waals surface area contributed by atoms with E-state index in [1.54, 1.807) is 43.1 Å².